The third kappa shape index (κ3) is 3.41. The zero-order valence-corrected chi connectivity index (χ0v) is 15.0. The topological polar surface area (TPSA) is 46.9 Å². The molecule has 1 N–H and O–H groups in total. The highest BCUT2D eigenvalue weighted by atomic mass is 32.1. The number of aromatic nitrogens is 2. The predicted molar refractivity (Wildman–Crippen MR) is 97.5 cm³/mol. The number of hydrogen-bond donors (Lipinski definition) is 1. The fourth-order valence-electron chi connectivity index (χ4n) is 2.75. The highest BCUT2D eigenvalue weighted by molar-refractivity contribution is 7.12. The van der Waals surface area contributed by atoms with E-state index in [1.807, 2.05) is 48.2 Å². The second-order valence-electron chi connectivity index (χ2n) is 5.91. The van der Waals surface area contributed by atoms with Gasteiger partial charge in [-0.2, -0.15) is 5.10 Å². The third-order valence-electron chi connectivity index (χ3n) is 4.20. The van der Waals surface area contributed by atoms with Crippen molar-refractivity contribution in [1.82, 2.24) is 15.1 Å². The van der Waals surface area contributed by atoms with Crippen molar-refractivity contribution in [2.75, 3.05) is 0 Å². The van der Waals surface area contributed by atoms with Crippen LogP contribution in [-0.4, -0.2) is 15.7 Å². The van der Waals surface area contributed by atoms with E-state index in [2.05, 4.69) is 29.5 Å². The zero-order chi connectivity index (χ0) is 17.1. The molecule has 0 bridgehead atoms. The van der Waals surface area contributed by atoms with Gasteiger partial charge in [-0.3, -0.25) is 9.48 Å². The van der Waals surface area contributed by atoms with Crippen LogP contribution in [0.1, 0.15) is 37.7 Å². The van der Waals surface area contributed by atoms with E-state index >= 15 is 0 Å². The monoisotopic (exact) mass is 339 g/mol. The largest absolute Gasteiger partial charge is 0.347 e. The molecule has 0 saturated carbocycles. The molecule has 1 aromatic carbocycles. The van der Waals surface area contributed by atoms with E-state index in [0.717, 1.165) is 33.9 Å². The number of nitrogens with zero attached hydrogens (tertiary/aromatic N) is 2. The molecule has 124 valence electrons. The maximum atomic E-state index is 12.3. The van der Waals surface area contributed by atoms with Crippen LogP contribution in [0.15, 0.2) is 41.8 Å². The van der Waals surface area contributed by atoms with Crippen molar-refractivity contribution in [1.29, 1.82) is 0 Å². The lowest BCUT2D eigenvalue weighted by Gasteiger charge is -2.07. The number of benzene rings is 1. The first-order valence-electron chi connectivity index (χ1n) is 7.95. The van der Waals surface area contributed by atoms with Crippen LogP contribution in [0, 0.1) is 20.8 Å². The SMILES string of the molecule is Cc1ccsc1C(=O)NCc1c(C)nn(Cc2ccccc2)c1C. The lowest BCUT2D eigenvalue weighted by atomic mass is 10.2. The number of hydrogen-bond acceptors (Lipinski definition) is 3. The molecule has 0 saturated heterocycles. The molecule has 24 heavy (non-hydrogen) atoms. The molecule has 3 aromatic rings. The number of carbonyl (C=O) groups is 1. The highest BCUT2D eigenvalue weighted by Gasteiger charge is 2.15. The number of aryl methyl sites for hydroxylation is 2. The van der Waals surface area contributed by atoms with Crippen LogP contribution < -0.4 is 5.32 Å². The van der Waals surface area contributed by atoms with Crippen molar-refractivity contribution < 1.29 is 4.79 Å². The smallest absolute Gasteiger partial charge is 0.261 e. The normalized spacial score (nSPS) is 10.8. The third-order valence-corrected chi connectivity index (χ3v) is 5.22. The first kappa shape index (κ1) is 16.5. The first-order valence-corrected chi connectivity index (χ1v) is 8.83. The van der Waals surface area contributed by atoms with Gasteiger partial charge < -0.3 is 5.32 Å². The van der Waals surface area contributed by atoms with E-state index in [4.69, 9.17) is 0 Å². The molecule has 0 unspecified atom stereocenters. The van der Waals surface area contributed by atoms with Gasteiger partial charge in [0, 0.05) is 17.8 Å². The van der Waals surface area contributed by atoms with Crippen LogP contribution in [0.4, 0.5) is 0 Å². The molecule has 1 amide bonds. The Morgan fingerprint density at radius 1 is 1.17 bits per heavy atom. The van der Waals surface area contributed by atoms with Gasteiger partial charge in [0.15, 0.2) is 0 Å². The van der Waals surface area contributed by atoms with Crippen LogP contribution in [0.5, 0.6) is 0 Å². The lowest BCUT2D eigenvalue weighted by molar-refractivity contribution is 0.0954. The highest BCUT2D eigenvalue weighted by Crippen LogP contribution is 2.17. The molecular weight excluding hydrogens is 318 g/mol. The van der Waals surface area contributed by atoms with Gasteiger partial charge in [-0.15, -0.1) is 11.3 Å². The summed E-state index contributed by atoms with van der Waals surface area (Å²) in [5, 5.41) is 9.59. The van der Waals surface area contributed by atoms with Gasteiger partial charge in [-0.1, -0.05) is 30.3 Å². The summed E-state index contributed by atoms with van der Waals surface area (Å²) in [4.78, 5) is 13.1. The first-order chi connectivity index (χ1) is 11.6. The van der Waals surface area contributed by atoms with E-state index in [9.17, 15) is 4.79 Å². The Morgan fingerprint density at radius 3 is 2.58 bits per heavy atom. The van der Waals surface area contributed by atoms with Crippen molar-refractivity contribution in [3.8, 4) is 0 Å². The molecule has 0 aliphatic carbocycles. The maximum absolute atomic E-state index is 12.3. The van der Waals surface area contributed by atoms with Crippen LogP contribution in [0.25, 0.3) is 0 Å². The molecule has 2 heterocycles. The lowest BCUT2D eigenvalue weighted by Crippen LogP contribution is -2.23. The Bertz CT molecular complexity index is 849. The molecule has 0 spiro atoms. The van der Waals surface area contributed by atoms with Gasteiger partial charge in [0.2, 0.25) is 0 Å². The summed E-state index contributed by atoms with van der Waals surface area (Å²) in [5.74, 6) is -0.0166. The van der Waals surface area contributed by atoms with Gasteiger partial charge >= 0.3 is 0 Å². The molecule has 3 rings (SSSR count). The second kappa shape index (κ2) is 7.01. The maximum Gasteiger partial charge on any atom is 0.261 e. The molecule has 0 fully saturated rings. The molecule has 2 aromatic heterocycles. The van der Waals surface area contributed by atoms with E-state index in [1.54, 1.807) is 0 Å². The average molecular weight is 339 g/mol. The molecule has 4 nitrogen and oxygen atoms in total. The predicted octanol–water partition coefficient (Wildman–Crippen LogP) is 3.85. The molecule has 0 aliphatic rings. The van der Waals surface area contributed by atoms with E-state index in [-0.39, 0.29) is 5.91 Å². The standard InChI is InChI=1S/C19H21N3OS/c1-13-9-10-24-18(13)19(23)20-11-17-14(2)21-22(15(17)3)12-16-7-5-4-6-8-16/h4-10H,11-12H2,1-3H3,(H,20,23). The van der Waals surface area contributed by atoms with Gasteiger partial charge in [-0.05, 0) is 43.3 Å². The number of nitrogens with one attached hydrogen (secondary N) is 1. The summed E-state index contributed by atoms with van der Waals surface area (Å²) in [6, 6.07) is 12.2. The van der Waals surface area contributed by atoms with Crippen molar-refractivity contribution in [2.45, 2.75) is 33.9 Å². The summed E-state index contributed by atoms with van der Waals surface area (Å²) < 4.78 is 2.00. The Labute approximate surface area is 146 Å². The molecule has 5 heteroatoms. The van der Waals surface area contributed by atoms with Gasteiger partial charge in [0.25, 0.3) is 5.91 Å². The Kier molecular flexibility index (Phi) is 4.81. The van der Waals surface area contributed by atoms with E-state index in [0.29, 0.717) is 6.54 Å². The minimum absolute atomic E-state index is 0.0166. The zero-order valence-electron chi connectivity index (χ0n) is 14.2. The fourth-order valence-corrected chi connectivity index (χ4v) is 3.60. The van der Waals surface area contributed by atoms with E-state index in [1.165, 1.54) is 16.9 Å². The molecular formula is C19H21N3OS. The quantitative estimate of drug-likeness (QED) is 0.767. The number of rotatable bonds is 5. The van der Waals surface area contributed by atoms with Crippen LogP contribution in [0.2, 0.25) is 0 Å². The number of amides is 1. The molecule has 0 aliphatic heterocycles. The van der Waals surface area contributed by atoms with Gasteiger partial charge in [0.1, 0.15) is 0 Å². The fraction of sp³-hybridized carbons (Fsp3) is 0.263. The average Bonchev–Trinajstić information content (AvgIpc) is 3.11. The molecule has 0 atom stereocenters. The van der Waals surface area contributed by atoms with Crippen molar-refractivity contribution in [3.63, 3.8) is 0 Å². The number of thiophene rings is 1. The molecule has 0 radical (unpaired) electrons. The Morgan fingerprint density at radius 2 is 1.92 bits per heavy atom. The van der Waals surface area contributed by atoms with Crippen molar-refractivity contribution >= 4 is 17.2 Å². The summed E-state index contributed by atoms with van der Waals surface area (Å²) >= 11 is 1.48. The Balaban J connectivity index is 1.72. The summed E-state index contributed by atoms with van der Waals surface area (Å²) in [6.45, 7) is 7.25. The van der Waals surface area contributed by atoms with Gasteiger partial charge in [-0.25, -0.2) is 0 Å². The summed E-state index contributed by atoms with van der Waals surface area (Å²) in [5.41, 5.74) is 5.39. The summed E-state index contributed by atoms with van der Waals surface area (Å²) in [7, 11) is 0. The van der Waals surface area contributed by atoms with Crippen LogP contribution in [-0.2, 0) is 13.1 Å². The van der Waals surface area contributed by atoms with Crippen LogP contribution in [0.3, 0.4) is 0 Å². The Hall–Kier alpha value is -2.40. The van der Waals surface area contributed by atoms with Crippen molar-refractivity contribution in [3.05, 3.63) is 74.7 Å². The second-order valence-corrected chi connectivity index (χ2v) is 6.82. The van der Waals surface area contributed by atoms with Crippen molar-refractivity contribution in [2.24, 2.45) is 0 Å². The van der Waals surface area contributed by atoms with Crippen LogP contribution >= 0.6 is 11.3 Å². The number of carbonyl (C=O) groups excluding carboxylic acids is 1. The minimum Gasteiger partial charge on any atom is -0.347 e. The van der Waals surface area contributed by atoms with E-state index < -0.39 is 0 Å². The minimum atomic E-state index is -0.0166. The summed E-state index contributed by atoms with van der Waals surface area (Å²) in [6.07, 6.45) is 0. The van der Waals surface area contributed by atoms with Gasteiger partial charge in [0.05, 0.1) is 17.1 Å².